The summed E-state index contributed by atoms with van der Waals surface area (Å²) in [4.78, 5) is 13.8. The lowest BCUT2D eigenvalue weighted by Gasteiger charge is -2.25. The molecule has 0 bridgehead atoms. The average molecular weight is 230 g/mol. The summed E-state index contributed by atoms with van der Waals surface area (Å²) in [5.74, 6) is -0.0643. The molecule has 3 nitrogen and oxygen atoms in total. The van der Waals surface area contributed by atoms with Gasteiger partial charge in [-0.15, -0.1) is 0 Å². The van der Waals surface area contributed by atoms with Crippen LogP contribution in [0.2, 0.25) is 5.22 Å². The van der Waals surface area contributed by atoms with Crippen LogP contribution in [-0.2, 0) is 0 Å². The van der Waals surface area contributed by atoms with Gasteiger partial charge in [0.15, 0.2) is 0 Å². The van der Waals surface area contributed by atoms with Gasteiger partial charge in [-0.2, -0.15) is 0 Å². The topological polar surface area (TPSA) is 33.5 Å². The maximum absolute atomic E-state index is 12.0. The molecule has 0 saturated heterocycles. The van der Waals surface area contributed by atoms with Gasteiger partial charge in [-0.25, -0.2) is 0 Å². The Balaban J connectivity index is 2.86. The largest absolute Gasteiger partial charge is 0.452 e. The van der Waals surface area contributed by atoms with Crippen LogP contribution in [0.5, 0.6) is 0 Å². The zero-order valence-corrected chi connectivity index (χ0v) is 10.0. The fraction of sp³-hybridized carbons (Fsp3) is 0.545. The lowest BCUT2D eigenvalue weighted by Crippen LogP contribution is -2.37. The Hall–Kier alpha value is -0.960. The van der Waals surface area contributed by atoms with Crippen molar-refractivity contribution in [2.24, 2.45) is 0 Å². The monoisotopic (exact) mass is 229 g/mol. The second kappa shape index (κ2) is 5.21. The summed E-state index contributed by atoms with van der Waals surface area (Å²) in [5.41, 5.74) is 0.443. The standard InChI is InChI=1S/C11H16ClNO2/c1-4-6-13(8(2)3)11(14)9-5-7-15-10(9)12/h5,7-8H,4,6H2,1-3H3. The van der Waals surface area contributed by atoms with Crippen LogP contribution in [0, 0.1) is 0 Å². The molecule has 15 heavy (non-hydrogen) atoms. The van der Waals surface area contributed by atoms with Crippen molar-refractivity contribution in [2.75, 3.05) is 6.54 Å². The van der Waals surface area contributed by atoms with Crippen molar-refractivity contribution >= 4 is 17.5 Å². The third-order valence-electron chi connectivity index (χ3n) is 2.20. The van der Waals surface area contributed by atoms with Crippen molar-refractivity contribution in [1.29, 1.82) is 0 Å². The molecular weight excluding hydrogens is 214 g/mol. The second-order valence-electron chi connectivity index (χ2n) is 3.70. The summed E-state index contributed by atoms with van der Waals surface area (Å²) < 4.78 is 4.91. The van der Waals surface area contributed by atoms with Crippen LogP contribution in [0.3, 0.4) is 0 Å². The van der Waals surface area contributed by atoms with E-state index in [0.717, 1.165) is 13.0 Å². The highest BCUT2D eigenvalue weighted by Gasteiger charge is 2.21. The number of hydrogen-bond acceptors (Lipinski definition) is 2. The molecule has 1 aromatic heterocycles. The highest BCUT2D eigenvalue weighted by molar-refractivity contribution is 6.32. The van der Waals surface area contributed by atoms with Gasteiger partial charge >= 0.3 is 0 Å². The first kappa shape index (κ1) is 12.1. The predicted molar refractivity (Wildman–Crippen MR) is 60.2 cm³/mol. The highest BCUT2D eigenvalue weighted by Crippen LogP contribution is 2.19. The zero-order valence-electron chi connectivity index (χ0n) is 9.29. The number of carbonyl (C=O) groups is 1. The molecular formula is C11H16ClNO2. The third-order valence-corrected chi connectivity index (χ3v) is 2.49. The normalized spacial score (nSPS) is 10.7. The molecule has 0 saturated carbocycles. The number of halogens is 1. The predicted octanol–water partition coefficient (Wildman–Crippen LogP) is 3.19. The Labute approximate surface area is 95.0 Å². The van der Waals surface area contributed by atoms with Gasteiger partial charge in [0.05, 0.1) is 11.8 Å². The van der Waals surface area contributed by atoms with Crippen LogP contribution in [0.25, 0.3) is 0 Å². The summed E-state index contributed by atoms with van der Waals surface area (Å²) in [6, 6.07) is 1.78. The fourth-order valence-electron chi connectivity index (χ4n) is 1.44. The first-order valence-electron chi connectivity index (χ1n) is 5.11. The van der Waals surface area contributed by atoms with E-state index >= 15 is 0 Å². The number of amides is 1. The van der Waals surface area contributed by atoms with E-state index in [4.69, 9.17) is 16.0 Å². The first-order chi connectivity index (χ1) is 7.07. The van der Waals surface area contributed by atoms with Crippen LogP contribution >= 0.6 is 11.6 Å². The van der Waals surface area contributed by atoms with E-state index in [-0.39, 0.29) is 17.2 Å². The smallest absolute Gasteiger partial charge is 0.258 e. The Kier molecular flexibility index (Phi) is 4.21. The Morgan fingerprint density at radius 3 is 2.67 bits per heavy atom. The van der Waals surface area contributed by atoms with Gasteiger partial charge in [0.2, 0.25) is 5.22 Å². The summed E-state index contributed by atoms with van der Waals surface area (Å²) in [5, 5.41) is 0.168. The average Bonchev–Trinajstić information content (AvgIpc) is 2.59. The molecule has 0 radical (unpaired) electrons. The van der Waals surface area contributed by atoms with Gasteiger partial charge in [-0.3, -0.25) is 4.79 Å². The second-order valence-corrected chi connectivity index (χ2v) is 4.04. The van der Waals surface area contributed by atoms with E-state index in [1.807, 2.05) is 20.8 Å². The number of carbonyl (C=O) groups excluding carboxylic acids is 1. The van der Waals surface area contributed by atoms with E-state index in [2.05, 4.69) is 0 Å². The molecule has 84 valence electrons. The van der Waals surface area contributed by atoms with Crippen molar-refractivity contribution < 1.29 is 9.21 Å². The minimum atomic E-state index is -0.0643. The maximum atomic E-state index is 12.0. The van der Waals surface area contributed by atoms with E-state index in [1.54, 1.807) is 11.0 Å². The molecule has 0 unspecified atom stereocenters. The lowest BCUT2D eigenvalue weighted by atomic mass is 10.2. The molecule has 1 aromatic rings. The number of hydrogen-bond donors (Lipinski definition) is 0. The molecule has 0 atom stereocenters. The molecule has 0 aliphatic heterocycles. The van der Waals surface area contributed by atoms with Crippen molar-refractivity contribution in [2.45, 2.75) is 33.2 Å². The third kappa shape index (κ3) is 2.75. The van der Waals surface area contributed by atoms with Crippen molar-refractivity contribution in [3.8, 4) is 0 Å². The van der Waals surface area contributed by atoms with Crippen molar-refractivity contribution in [3.63, 3.8) is 0 Å². The van der Waals surface area contributed by atoms with Gasteiger partial charge in [0.25, 0.3) is 5.91 Å². The van der Waals surface area contributed by atoms with Crippen LogP contribution in [-0.4, -0.2) is 23.4 Å². The summed E-state index contributed by atoms with van der Waals surface area (Å²) in [7, 11) is 0. The first-order valence-corrected chi connectivity index (χ1v) is 5.49. The van der Waals surface area contributed by atoms with Gasteiger partial charge < -0.3 is 9.32 Å². The molecule has 4 heteroatoms. The Bertz CT molecular complexity index is 333. The molecule has 0 aliphatic rings. The van der Waals surface area contributed by atoms with Crippen LogP contribution in [0.4, 0.5) is 0 Å². The lowest BCUT2D eigenvalue weighted by molar-refractivity contribution is 0.0705. The van der Waals surface area contributed by atoms with Crippen molar-refractivity contribution in [1.82, 2.24) is 4.90 Å². The minimum Gasteiger partial charge on any atom is -0.452 e. The van der Waals surface area contributed by atoms with E-state index in [9.17, 15) is 4.79 Å². The van der Waals surface area contributed by atoms with Gasteiger partial charge in [0.1, 0.15) is 0 Å². The van der Waals surface area contributed by atoms with E-state index in [1.165, 1.54) is 6.26 Å². The number of nitrogens with zero attached hydrogens (tertiary/aromatic N) is 1. The summed E-state index contributed by atoms with van der Waals surface area (Å²) >= 11 is 5.77. The Morgan fingerprint density at radius 1 is 1.60 bits per heavy atom. The number of furan rings is 1. The van der Waals surface area contributed by atoms with Crippen LogP contribution in [0.1, 0.15) is 37.6 Å². The molecule has 1 rings (SSSR count). The van der Waals surface area contributed by atoms with Gasteiger partial charge in [0, 0.05) is 12.6 Å². The highest BCUT2D eigenvalue weighted by atomic mass is 35.5. The zero-order chi connectivity index (χ0) is 11.4. The van der Waals surface area contributed by atoms with Crippen LogP contribution < -0.4 is 0 Å². The summed E-state index contributed by atoms with van der Waals surface area (Å²) in [6.45, 7) is 6.75. The SMILES string of the molecule is CCCN(C(=O)c1ccoc1Cl)C(C)C. The van der Waals surface area contributed by atoms with Gasteiger partial charge in [-0.05, 0) is 37.9 Å². The quantitative estimate of drug-likeness (QED) is 0.795. The fourth-order valence-corrected chi connectivity index (χ4v) is 1.63. The number of rotatable bonds is 4. The van der Waals surface area contributed by atoms with E-state index in [0.29, 0.717) is 5.56 Å². The Morgan fingerprint density at radius 2 is 2.27 bits per heavy atom. The molecule has 1 amide bonds. The van der Waals surface area contributed by atoms with Gasteiger partial charge in [-0.1, -0.05) is 6.92 Å². The van der Waals surface area contributed by atoms with Crippen LogP contribution in [0.15, 0.2) is 16.7 Å². The van der Waals surface area contributed by atoms with Crippen molar-refractivity contribution in [3.05, 3.63) is 23.1 Å². The molecule has 0 spiro atoms. The minimum absolute atomic E-state index is 0.0643. The molecule has 0 aromatic carbocycles. The molecule has 0 N–H and O–H groups in total. The molecule has 0 fully saturated rings. The summed E-state index contributed by atoms with van der Waals surface area (Å²) in [6.07, 6.45) is 2.36. The van der Waals surface area contributed by atoms with E-state index < -0.39 is 0 Å². The molecule has 0 aliphatic carbocycles. The molecule has 1 heterocycles. The maximum Gasteiger partial charge on any atom is 0.258 e.